The van der Waals surface area contributed by atoms with E-state index in [4.69, 9.17) is 47.4 Å². The van der Waals surface area contributed by atoms with E-state index in [1.165, 1.54) is 12.1 Å². The van der Waals surface area contributed by atoms with Gasteiger partial charge in [-0.25, -0.2) is 28.3 Å². The Morgan fingerprint density at radius 1 is 0.588 bits per heavy atom. The van der Waals surface area contributed by atoms with Crippen molar-refractivity contribution in [3.8, 4) is 56.3 Å². The average molecular weight is 1250 g/mol. The molecule has 2 heterocycles. The quantitative estimate of drug-likeness (QED) is 0.0358. The summed E-state index contributed by atoms with van der Waals surface area (Å²) in [6.45, 7) is 8.30. The van der Waals surface area contributed by atoms with E-state index in [1.54, 1.807) is 55.5 Å². The number of ether oxygens (including phenoxy) is 3. The summed E-state index contributed by atoms with van der Waals surface area (Å²) in [5.74, 6) is -2.41. The van der Waals surface area contributed by atoms with Gasteiger partial charge in [0.2, 0.25) is 0 Å². The summed E-state index contributed by atoms with van der Waals surface area (Å²) in [5.41, 5.74) is 3.44. The fraction of sp³-hybridized carbons (Fsp3) is 0.424. The molecule has 19 heteroatoms. The van der Waals surface area contributed by atoms with Crippen LogP contribution in [0.4, 0.5) is 8.78 Å². The van der Waals surface area contributed by atoms with Gasteiger partial charge in [0.15, 0.2) is 0 Å². The summed E-state index contributed by atoms with van der Waals surface area (Å²) in [4.78, 5) is 73.1. The maximum absolute atomic E-state index is 14.8. The zero-order valence-corrected chi connectivity index (χ0v) is 52.7. The standard InChI is InChI=1S/C66H76Cl2F2N6O7.2ClH/c1-8-17-44-20-19-43(3)50(39-44)49-25-29-55(72-59(49)46-22-27-53(68)57(41-46)82-37-16-35-76(6)7)62(78)74-66(32-13-10-14-33-66)64(80)83-63(79)65(30-11-9-12-31-65)73-61(77)54-28-24-48(47-23-18-42(2)38-51(47)60(69)70)58(71-54)45-21-26-52(67)56(40-45)81-36-15-34-75(4)5;;/h18-29,38-41,60H,8-17,30-37H2,1-7H3,(H,73,77)(H,74,78);2*1H. The van der Waals surface area contributed by atoms with Gasteiger partial charge in [-0.05, 0) is 164 Å². The first-order valence-corrected chi connectivity index (χ1v) is 29.6. The van der Waals surface area contributed by atoms with E-state index in [0.717, 1.165) is 67.4 Å². The van der Waals surface area contributed by atoms with E-state index < -0.39 is 41.3 Å². The van der Waals surface area contributed by atoms with Gasteiger partial charge in [0.1, 0.15) is 34.0 Å². The molecule has 0 saturated heterocycles. The van der Waals surface area contributed by atoms with Crippen LogP contribution in [0.25, 0.3) is 44.8 Å². The maximum Gasteiger partial charge on any atom is 0.339 e. The lowest BCUT2D eigenvalue weighted by molar-refractivity contribution is -0.170. The van der Waals surface area contributed by atoms with Gasteiger partial charge in [0, 0.05) is 40.9 Å². The van der Waals surface area contributed by atoms with E-state index in [9.17, 15) is 28.0 Å². The molecular formula is C66H78Cl4F2N6O7. The van der Waals surface area contributed by atoms with Crippen molar-refractivity contribution in [2.24, 2.45) is 0 Å². The molecule has 0 atom stereocenters. The van der Waals surface area contributed by atoms with Crippen LogP contribution in [-0.2, 0) is 20.7 Å². The first kappa shape index (κ1) is 67.9. The van der Waals surface area contributed by atoms with Gasteiger partial charge in [0.05, 0.1) is 34.6 Å². The Balaban J connectivity index is 0.00000579. The summed E-state index contributed by atoms with van der Waals surface area (Å²) < 4.78 is 47.7. The molecule has 2 amide bonds. The third kappa shape index (κ3) is 16.9. The van der Waals surface area contributed by atoms with Crippen LogP contribution < -0.4 is 20.1 Å². The lowest BCUT2D eigenvalue weighted by Crippen LogP contribution is -2.61. The van der Waals surface area contributed by atoms with E-state index >= 15 is 0 Å². The Morgan fingerprint density at radius 2 is 1.05 bits per heavy atom. The van der Waals surface area contributed by atoms with Crippen molar-refractivity contribution in [2.45, 2.75) is 128 Å². The number of esters is 2. The van der Waals surface area contributed by atoms with Crippen LogP contribution in [0.5, 0.6) is 11.5 Å². The predicted octanol–water partition coefficient (Wildman–Crippen LogP) is 15.1. The molecule has 4 aromatic carbocycles. The fourth-order valence-electron chi connectivity index (χ4n) is 11.1. The molecule has 8 rings (SSSR count). The van der Waals surface area contributed by atoms with E-state index in [0.29, 0.717) is 94.8 Å². The highest BCUT2D eigenvalue weighted by molar-refractivity contribution is 6.32. The van der Waals surface area contributed by atoms with Crippen molar-refractivity contribution in [1.29, 1.82) is 0 Å². The van der Waals surface area contributed by atoms with Gasteiger partial charge < -0.3 is 34.6 Å². The summed E-state index contributed by atoms with van der Waals surface area (Å²) >= 11 is 13.3. The first-order chi connectivity index (χ1) is 39.8. The third-order valence-corrected chi connectivity index (χ3v) is 16.3. The SMILES string of the molecule is CCCc1ccc(C)c(-c2ccc(C(=O)NC3(C(=O)OC(=O)C4(NC(=O)c5ccc(-c6ccc(C)cc6C(F)F)c(-c6ccc(Cl)c(OCCCN(C)C)c6)n5)CCCCC4)CCCCC3)nc2-c2ccc(Cl)c(OCCCN(C)C)c2)c1.Cl.Cl. The smallest absolute Gasteiger partial charge is 0.339 e. The highest BCUT2D eigenvalue weighted by Crippen LogP contribution is 2.42. The summed E-state index contributed by atoms with van der Waals surface area (Å²) in [7, 11) is 7.93. The summed E-state index contributed by atoms with van der Waals surface area (Å²) in [6.07, 6.45) is 5.03. The monoisotopic (exact) mass is 1240 g/mol. The number of benzene rings is 4. The number of amides is 2. The van der Waals surface area contributed by atoms with Gasteiger partial charge in [-0.1, -0.05) is 123 Å². The lowest BCUT2D eigenvalue weighted by atomic mass is 9.80. The summed E-state index contributed by atoms with van der Waals surface area (Å²) in [6, 6.07) is 28.1. The Bertz CT molecular complexity index is 3310. The van der Waals surface area contributed by atoms with Crippen LogP contribution in [0.15, 0.2) is 97.1 Å². The first-order valence-electron chi connectivity index (χ1n) is 28.9. The Labute approximate surface area is 521 Å². The molecule has 2 saturated carbocycles. The minimum atomic E-state index is -2.82. The number of carbonyl (C=O) groups excluding carboxylic acids is 4. The van der Waals surface area contributed by atoms with Crippen molar-refractivity contribution >= 4 is 71.8 Å². The number of hydrogen-bond acceptors (Lipinski definition) is 11. The van der Waals surface area contributed by atoms with Gasteiger partial charge in [-0.15, -0.1) is 24.8 Å². The number of aromatic nitrogens is 2. The van der Waals surface area contributed by atoms with Crippen molar-refractivity contribution in [1.82, 2.24) is 30.4 Å². The van der Waals surface area contributed by atoms with Crippen LogP contribution in [0.1, 0.15) is 140 Å². The molecule has 0 unspecified atom stereocenters. The molecule has 2 fully saturated rings. The predicted molar refractivity (Wildman–Crippen MR) is 338 cm³/mol. The molecule has 456 valence electrons. The van der Waals surface area contributed by atoms with Gasteiger partial charge in [-0.3, -0.25) is 9.59 Å². The van der Waals surface area contributed by atoms with Crippen LogP contribution in [0.3, 0.4) is 0 Å². The molecule has 0 bridgehead atoms. The Morgan fingerprint density at radius 3 is 1.49 bits per heavy atom. The zero-order chi connectivity index (χ0) is 59.4. The number of nitrogens with one attached hydrogen (secondary N) is 2. The topological polar surface area (TPSA) is 152 Å². The number of hydrogen-bond donors (Lipinski definition) is 2. The van der Waals surface area contributed by atoms with E-state index in [2.05, 4.69) is 40.7 Å². The zero-order valence-electron chi connectivity index (χ0n) is 49.5. The largest absolute Gasteiger partial charge is 0.492 e. The number of alkyl halides is 2. The summed E-state index contributed by atoms with van der Waals surface area (Å²) in [5, 5.41) is 6.72. The van der Waals surface area contributed by atoms with Crippen LogP contribution >= 0.6 is 48.0 Å². The van der Waals surface area contributed by atoms with Crippen LogP contribution in [0.2, 0.25) is 10.0 Å². The number of pyridine rings is 2. The molecular weight excluding hydrogens is 1170 g/mol. The molecule has 85 heavy (non-hydrogen) atoms. The normalized spacial score (nSPS) is 14.5. The molecule has 0 aliphatic heterocycles. The Kier molecular flexibility index (Phi) is 24.7. The molecule has 2 N–H and O–H groups in total. The van der Waals surface area contributed by atoms with Crippen LogP contribution in [0, 0.1) is 13.8 Å². The van der Waals surface area contributed by atoms with Gasteiger partial charge >= 0.3 is 11.9 Å². The van der Waals surface area contributed by atoms with E-state index in [-0.39, 0.29) is 78.7 Å². The second kappa shape index (κ2) is 30.9. The molecule has 2 aromatic heterocycles. The number of rotatable bonds is 23. The Hall–Kier alpha value is -6.20. The molecule has 2 aliphatic rings. The second-order valence-electron chi connectivity index (χ2n) is 22.6. The number of aryl methyl sites for hydroxylation is 3. The molecule has 2 aliphatic carbocycles. The number of halogens is 6. The van der Waals surface area contributed by atoms with Crippen molar-refractivity contribution in [2.75, 3.05) is 54.5 Å². The fourth-order valence-corrected chi connectivity index (χ4v) is 11.5. The maximum atomic E-state index is 14.8. The minimum absolute atomic E-state index is 0. The average Bonchev–Trinajstić information content (AvgIpc) is 2.02. The molecule has 6 aromatic rings. The molecule has 0 radical (unpaired) electrons. The molecule has 0 spiro atoms. The van der Waals surface area contributed by atoms with Crippen molar-refractivity contribution < 1.29 is 42.2 Å². The van der Waals surface area contributed by atoms with Gasteiger partial charge in [0.25, 0.3) is 18.2 Å². The lowest BCUT2D eigenvalue weighted by Gasteiger charge is -2.38. The van der Waals surface area contributed by atoms with Crippen molar-refractivity contribution in [3.63, 3.8) is 0 Å². The van der Waals surface area contributed by atoms with Gasteiger partial charge in [-0.2, -0.15) is 0 Å². The highest BCUT2D eigenvalue weighted by atomic mass is 35.5. The highest BCUT2D eigenvalue weighted by Gasteiger charge is 2.49. The number of carbonyl (C=O) groups is 4. The van der Waals surface area contributed by atoms with E-state index in [1.807, 2.05) is 58.2 Å². The minimum Gasteiger partial charge on any atom is -0.492 e. The van der Waals surface area contributed by atoms with Crippen LogP contribution in [-0.4, -0.2) is 109 Å². The number of nitrogens with zero attached hydrogens (tertiary/aromatic N) is 4. The van der Waals surface area contributed by atoms with Crippen molar-refractivity contribution in [3.05, 3.63) is 141 Å². The second-order valence-corrected chi connectivity index (χ2v) is 23.5. The molecule has 13 nitrogen and oxygen atoms in total. The third-order valence-electron chi connectivity index (χ3n) is 15.6.